The molecule has 0 fully saturated rings. The summed E-state index contributed by atoms with van der Waals surface area (Å²) in [4.78, 5) is 11.4. The predicted octanol–water partition coefficient (Wildman–Crippen LogP) is 2.41. The fourth-order valence-corrected chi connectivity index (χ4v) is 1.98. The fourth-order valence-electron chi connectivity index (χ4n) is 1.98. The number of aromatic nitrogens is 3. The molecule has 2 aromatic rings. The number of methoxy groups -OCH3 is 1. The van der Waals surface area contributed by atoms with Gasteiger partial charge in [0.1, 0.15) is 11.4 Å². The lowest BCUT2D eigenvalue weighted by atomic mass is 10.0. The number of carboxylic acids is 1. The quantitative estimate of drug-likeness (QED) is 0.930. The molecule has 0 bridgehead atoms. The molecular formula is C14H17N3O3. The lowest BCUT2D eigenvalue weighted by Gasteiger charge is -2.22. The summed E-state index contributed by atoms with van der Waals surface area (Å²) in [6.45, 7) is 5.81. The van der Waals surface area contributed by atoms with Gasteiger partial charge in [-0.2, -0.15) is 0 Å². The van der Waals surface area contributed by atoms with Crippen LogP contribution in [0, 0.1) is 0 Å². The number of benzene rings is 1. The highest BCUT2D eigenvalue weighted by Crippen LogP contribution is 2.33. The van der Waals surface area contributed by atoms with Gasteiger partial charge in [-0.1, -0.05) is 17.3 Å². The third-order valence-electron chi connectivity index (χ3n) is 2.87. The molecule has 0 spiro atoms. The Bertz CT molecular complexity index is 641. The molecule has 20 heavy (non-hydrogen) atoms. The van der Waals surface area contributed by atoms with Gasteiger partial charge in [-0.25, -0.2) is 9.48 Å². The molecule has 0 aliphatic heterocycles. The van der Waals surface area contributed by atoms with E-state index in [0.29, 0.717) is 17.0 Å². The zero-order valence-corrected chi connectivity index (χ0v) is 11.9. The summed E-state index contributed by atoms with van der Waals surface area (Å²) in [6, 6.07) is 7.23. The van der Waals surface area contributed by atoms with E-state index in [2.05, 4.69) is 10.3 Å². The van der Waals surface area contributed by atoms with Crippen LogP contribution in [0.25, 0.3) is 11.3 Å². The van der Waals surface area contributed by atoms with Crippen LogP contribution < -0.4 is 4.74 Å². The summed E-state index contributed by atoms with van der Waals surface area (Å²) in [5.41, 5.74) is 0.635. The highest BCUT2D eigenvalue weighted by atomic mass is 16.5. The van der Waals surface area contributed by atoms with Crippen LogP contribution in [0.2, 0.25) is 0 Å². The Labute approximate surface area is 117 Å². The Morgan fingerprint density at radius 2 is 1.95 bits per heavy atom. The Morgan fingerprint density at radius 1 is 1.30 bits per heavy atom. The lowest BCUT2D eigenvalue weighted by molar-refractivity contribution is 0.0691. The molecule has 0 saturated carbocycles. The van der Waals surface area contributed by atoms with E-state index >= 15 is 0 Å². The van der Waals surface area contributed by atoms with Gasteiger partial charge in [-0.3, -0.25) is 0 Å². The topological polar surface area (TPSA) is 77.2 Å². The average Bonchev–Trinajstić information content (AvgIpc) is 2.83. The van der Waals surface area contributed by atoms with Crippen molar-refractivity contribution < 1.29 is 14.6 Å². The molecule has 1 heterocycles. The molecule has 6 heteroatoms. The second kappa shape index (κ2) is 4.96. The fraction of sp³-hybridized carbons (Fsp3) is 0.357. The maximum Gasteiger partial charge on any atom is 0.358 e. The van der Waals surface area contributed by atoms with Crippen molar-refractivity contribution in [3.63, 3.8) is 0 Å². The minimum Gasteiger partial charge on any atom is -0.496 e. The standard InChI is InChI=1S/C14H17N3O3/c1-14(2,3)17-12(11(13(18)19)15-16-17)9-7-5-6-8-10(9)20-4/h5-8H,1-4H3,(H,18,19). The van der Waals surface area contributed by atoms with Crippen molar-refractivity contribution >= 4 is 5.97 Å². The van der Waals surface area contributed by atoms with Crippen LogP contribution in [-0.4, -0.2) is 33.2 Å². The molecule has 0 aliphatic carbocycles. The van der Waals surface area contributed by atoms with Gasteiger partial charge < -0.3 is 9.84 Å². The van der Waals surface area contributed by atoms with Crippen LogP contribution in [0.5, 0.6) is 5.75 Å². The second-order valence-corrected chi connectivity index (χ2v) is 5.37. The molecule has 1 N–H and O–H groups in total. The Hall–Kier alpha value is -2.37. The summed E-state index contributed by atoms with van der Waals surface area (Å²) >= 11 is 0. The minimum atomic E-state index is -1.11. The van der Waals surface area contributed by atoms with Crippen LogP contribution in [0.15, 0.2) is 24.3 Å². The van der Waals surface area contributed by atoms with Gasteiger partial charge in [0, 0.05) is 5.56 Å². The average molecular weight is 275 g/mol. The molecule has 0 unspecified atom stereocenters. The Kier molecular flexibility index (Phi) is 3.48. The SMILES string of the molecule is COc1ccccc1-c1c(C(=O)O)nnn1C(C)(C)C. The monoisotopic (exact) mass is 275 g/mol. The van der Waals surface area contributed by atoms with E-state index in [-0.39, 0.29) is 5.69 Å². The molecule has 106 valence electrons. The lowest BCUT2D eigenvalue weighted by Crippen LogP contribution is -2.24. The first-order valence-corrected chi connectivity index (χ1v) is 6.19. The molecule has 0 radical (unpaired) electrons. The summed E-state index contributed by atoms with van der Waals surface area (Å²) in [5.74, 6) is -0.524. The van der Waals surface area contributed by atoms with Gasteiger partial charge in [0.05, 0.1) is 12.6 Å². The molecular weight excluding hydrogens is 258 g/mol. The van der Waals surface area contributed by atoms with Crippen molar-refractivity contribution in [3.05, 3.63) is 30.0 Å². The van der Waals surface area contributed by atoms with Crippen LogP contribution in [0.1, 0.15) is 31.3 Å². The third kappa shape index (κ3) is 2.36. The first-order chi connectivity index (χ1) is 9.36. The van der Waals surface area contributed by atoms with Crippen molar-refractivity contribution in [1.82, 2.24) is 15.0 Å². The van der Waals surface area contributed by atoms with E-state index in [0.717, 1.165) is 0 Å². The molecule has 0 atom stereocenters. The van der Waals surface area contributed by atoms with Crippen molar-refractivity contribution in [2.75, 3.05) is 7.11 Å². The van der Waals surface area contributed by atoms with E-state index < -0.39 is 11.5 Å². The number of hydrogen-bond acceptors (Lipinski definition) is 4. The van der Waals surface area contributed by atoms with Crippen molar-refractivity contribution in [2.45, 2.75) is 26.3 Å². The molecule has 2 rings (SSSR count). The third-order valence-corrected chi connectivity index (χ3v) is 2.87. The van der Waals surface area contributed by atoms with Gasteiger partial charge in [-0.15, -0.1) is 5.10 Å². The molecule has 0 aliphatic rings. The van der Waals surface area contributed by atoms with E-state index in [1.54, 1.807) is 23.9 Å². The highest BCUT2D eigenvalue weighted by Gasteiger charge is 2.28. The van der Waals surface area contributed by atoms with Crippen LogP contribution in [0.3, 0.4) is 0 Å². The Balaban J connectivity index is 2.77. The number of para-hydroxylation sites is 1. The van der Waals surface area contributed by atoms with Crippen molar-refractivity contribution in [3.8, 4) is 17.0 Å². The van der Waals surface area contributed by atoms with E-state index in [1.807, 2.05) is 32.9 Å². The smallest absolute Gasteiger partial charge is 0.358 e. The first kappa shape index (κ1) is 14.0. The van der Waals surface area contributed by atoms with Crippen LogP contribution >= 0.6 is 0 Å². The number of carbonyl (C=O) groups is 1. The van der Waals surface area contributed by atoms with Gasteiger partial charge >= 0.3 is 5.97 Å². The predicted molar refractivity (Wildman–Crippen MR) is 74.0 cm³/mol. The molecule has 0 amide bonds. The number of aromatic carboxylic acids is 1. The van der Waals surface area contributed by atoms with E-state index in [4.69, 9.17) is 4.74 Å². The zero-order valence-electron chi connectivity index (χ0n) is 11.9. The number of ether oxygens (including phenoxy) is 1. The highest BCUT2D eigenvalue weighted by molar-refractivity contribution is 5.93. The maximum atomic E-state index is 11.4. The normalized spacial score (nSPS) is 11.4. The minimum absolute atomic E-state index is 0.0792. The van der Waals surface area contributed by atoms with E-state index in [1.165, 1.54) is 0 Å². The number of hydrogen-bond donors (Lipinski definition) is 1. The number of rotatable bonds is 3. The van der Waals surface area contributed by atoms with Gasteiger partial charge in [0.25, 0.3) is 0 Å². The first-order valence-electron chi connectivity index (χ1n) is 6.19. The van der Waals surface area contributed by atoms with E-state index in [9.17, 15) is 9.90 Å². The molecule has 0 saturated heterocycles. The van der Waals surface area contributed by atoms with Crippen molar-refractivity contribution in [1.29, 1.82) is 0 Å². The van der Waals surface area contributed by atoms with Gasteiger partial charge in [0.2, 0.25) is 0 Å². The van der Waals surface area contributed by atoms with Crippen LogP contribution in [0.4, 0.5) is 0 Å². The Morgan fingerprint density at radius 3 is 2.50 bits per heavy atom. The van der Waals surface area contributed by atoms with Crippen LogP contribution in [-0.2, 0) is 5.54 Å². The van der Waals surface area contributed by atoms with Gasteiger partial charge in [0.15, 0.2) is 5.69 Å². The second-order valence-electron chi connectivity index (χ2n) is 5.37. The zero-order chi connectivity index (χ0) is 14.9. The summed E-state index contributed by atoms with van der Waals surface area (Å²) < 4.78 is 6.92. The van der Waals surface area contributed by atoms with Crippen molar-refractivity contribution in [2.24, 2.45) is 0 Å². The molecule has 6 nitrogen and oxygen atoms in total. The van der Waals surface area contributed by atoms with Gasteiger partial charge in [-0.05, 0) is 32.9 Å². The largest absolute Gasteiger partial charge is 0.496 e. The number of carboxylic acid groups (broad SMARTS) is 1. The summed E-state index contributed by atoms with van der Waals surface area (Å²) in [5, 5.41) is 17.1. The number of nitrogens with zero attached hydrogens (tertiary/aromatic N) is 3. The molecule has 1 aromatic heterocycles. The summed E-state index contributed by atoms with van der Waals surface area (Å²) in [6.07, 6.45) is 0. The molecule has 1 aromatic carbocycles. The maximum absolute atomic E-state index is 11.4. The summed E-state index contributed by atoms with van der Waals surface area (Å²) in [7, 11) is 1.55.